The number of ether oxygens (including phenoxy) is 1. The fourth-order valence-electron chi connectivity index (χ4n) is 2.48. The van der Waals surface area contributed by atoms with E-state index in [-0.39, 0.29) is 18.1 Å². The highest BCUT2D eigenvalue weighted by Gasteiger charge is 2.11. The molecular formula is C18H15FN2O3. The molecule has 24 heavy (non-hydrogen) atoms. The second kappa shape index (κ2) is 6.54. The number of H-pyrrole nitrogens is 1. The van der Waals surface area contributed by atoms with Crippen LogP contribution in [0, 0.1) is 5.82 Å². The van der Waals surface area contributed by atoms with Gasteiger partial charge in [-0.3, -0.25) is 4.79 Å². The average Bonchev–Trinajstić information content (AvgIpc) is 2.97. The molecule has 1 amide bonds. The van der Waals surface area contributed by atoms with Gasteiger partial charge in [0.2, 0.25) is 5.91 Å². The molecular weight excluding hydrogens is 311 g/mol. The van der Waals surface area contributed by atoms with Crippen LogP contribution in [0.15, 0.2) is 48.7 Å². The quantitative estimate of drug-likeness (QED) is 0.723. The van der Waals surface area contributed by atoms with Crippen LogP contribution in [0.4, 0.5) is 10.1 Å². The number of hydrogen-bond acceptors (Lipinski definition) is 3. The molecule has 0 atom stereocenters. The molecule has 6 heteroatoms. The van der Waals surface area contributed by atoms with Gasteiger partial charge in [0.05, 0.1) is 19.1 Å². The van der Waals surface area contributed by atoms with E-state index in [2.05, 4.69) is 15.0 Å². The zero-order chi connectivity index (χ0) is 17.1. The number of aromatic amines is 1. The van der Waals surface area contributed by atoms with Gasteiger partial charge < -0.3 is 15.0 Å². The lowest BCUT2D eigenvalue weighted by molar-refractivity contribution is -0.115. The largest absolute Gasteiger partial charge is 0.465 e. The molecule has 0 aliphatic heterocycles. The van der Waals surface area contributed by atoms with Crippen molar-refractivity contribution < 1.29 is 18.7 Å². The van der Waals surface area contributed by atoms with Crippen molar-refractivity contribution in [2.24, 2.45) is 0 Å². The predicted octanol–water partition coefficient (Wildman–Crippen LogP) is 3.27. The topological polar surface area (TPSA) is 71.2 Å². The number of anilines is 1. The van der Waals surface area contributed by atoms with Gasteiger partial charge in [-0.05, 0) is 48.0 Å². The highest BCUT2D eigenvalue weighted by atomic mass is 19.1. The summed E-state index contributed by atoms with van der Waals surface area (Å²) in [5.74, 6) is -1.01. The monoisotopic (exact) mass is 326 g/mol. The maximum Gasteiger partial charge on any atom is 0.337 e. The molecule has 0 saturated carbocycles. The van der Waals surface area contributed by atoms with Crippen molar-refractivity contribution in [3.8, 4) is 0 Å². The number of nitrogens with one attached hydrogen (secondary N) is 2. The lowest BCUT2D eigenvalue weighted by Gasteiger charge is -2.06. The summed E-state index contributed by atoms with van der Waals surface area (Å²) in [5, 5.41) is 3.43. The fourth-order valence-corrected chi connectivity index (χ4v) is 2.48. The second-order valence-corrected chi connectivity index (χ2v) is 5.30. The van der Waals surface area contributed by atoms with E-state index < -0.39 is 5.97 Å². The van der Waals surface area contributed by atoms with Crippen LogP contribution in [0.3, 0.4) is 0 Å². The number of halogens is 1. The van der Waals surface area contributed by atoms with Crippen molar-refractivity contribution in [1.82, 2.24) is 4.98 Å². The van der Waals surface area contributed by atoms with Crippen molar-refractivity contribution in [2.75, 3.05) is 12.4 Å². The zero-order valence-electron chi connectivity index (χ0n) is 12.9. The summed E-state index contributed by atoms with van der Waals surface area (Å²) >= 11 is 0. The smallest absolute Gasteiger partial charge is 0.337 e. The first-order valence-electron chi connectivity index (χ1n) is 7.30. The molecule has 0 saturated heterocycles. The Kier molecular flexibility index (Phi) is 4.29. The molecule has 1 aromatic heterocycles. The third kappa shape index (κ3) is 3.27. The van der Waals surface area contributed by atoms with Crippen molar-refractivity contribution in [1.29, 1.82) is 0 Å². The number of amides is 1. The molecule has 2 aromatic carbocycles. The summed E-state index contributed by atoms with van der Waals surface area (Å²) in [4.78, 5) is 26.6. The Morgan fingerprint density at radius 1 is 1.17 bits per heavy atom. The van der Waals surface area contributed by atoms with Crippen molar-refractivity contribution in [2.45, 2.75) is 6.42 Å². The highest BCUT2D eigenvalue weighted by Crippen LogP contribution is 2.20. The minimum absolute atomic E-state index is 0.113. The molecule has 0 bridgehead atoms. The molecule has 0 aliphatic carbocycles. The molecule has 5 nitrogen and oxygen atoms in total. The number of benzene rings is 2. The number of hydrogen-bond donors (Lipinski definition) is 2. The number of aromatic nitrogens is 1. The van der Waals surface area contributed by atoms with Crippen LogP contribution in [0.1, 0.15) is 15.9 Å². The van der Waals surface area contributed by atoms with Crippen LogP contribution in [0.25, 0.3) is 10.9 Å². The highest BCUT2D eigenvalue weighted by molar-refractivity contribution is 5.96. The van der Waals surface area contributed by atoms with Gasteiger partial charge in [0.15, 0.2) is 0 Å². The molecule has 0 spiro atoms. The van der Waals surface area contributed by atoms with Crippen LogP contribution < -0.4 is 5.32 Å². The molecule has 0 aliphatic rings. The van der Waals surface area contributed by atoms with Crippen LogP contribution in [0.2, 0.25) is 0 Å². The SMILES string of the molecule is COC(=O)c1ccc(NC(=O)Cc2c[nH]c3ccc(F)cc23)cc1. The molecule has 0 radical (unpaired) electrons. The minimum Gasteiger partial charge on any atom is -0.465 e. The van der Waals surface area contributed by atoms with Gasteiger partial charge in [-0.2, -0.15) is 0 Å². The maximum absolute atomic E-state index is 13.4. The summed E-state index contributed by atoms with van der Waals surface area (Å²) in [6, 6.07) is 10.8. The predicted molar refractivity (Wildman–Crippen MR) is 88.4 cm³/mol. The Morgan fingerprint density at radius 2 is 1.92 bits per heavy atom. The van der Waals surface area contributed by atoms with Crippen LogP contribution in [0.5, 0.6) is 0 Å². The van der Waals surface area contributed by atoms with Gasteiger partial charge in [0, 0.05) is 22.8 Å². The summed E-state index contributed by atoms with van der Waals surface area (Å²) in [6.45, 7) is 0. The van der Waals surface area contributed by atoms with Gasteiger partial charge in [-0.25, -0.2) is 9.18 Å². The molecule has 0 unspecified atom stereocenters. The Labute approximate surface area is 137 Å². The summed E-state index contributed by atoms with van der Waals surface area (Å²) in [5.41, 5.74) is 2.47. The fraction of sp³-hybridized carbons (Fsp3) is 0.111. The van der Waals surface area contributed by atoms with Gasteiger partial charge in [-0.15, -0.1) is 0 Å². The Morgan fingerprint density at radius 3 is 2.62 bits per heavy atom. The molecule has 3 aromatic rings. The number of esters is 1. The number of methoxy groups -OCH3 is 1. The van der Waals surface area contributed by atoms with E-state index >= 15 is 0 Å². The normalized spacial score (nSPS) is 10.6. The number of carbonyl (C=O) groups is 2. The van der Waals surface area contributed by atoms with E-state index in [9.17, 15) is 14.0 Å². The molecule has 3 rings (SSSR count). The Hall–Kier alpha value is -3.15. The zero-order valence-corrected chi connectivity index (χ0v) is 12.9. The minimum atomic E-state index is -0.436. The van der Waals surface area contributed by atoms with Gasteiger partial charge in [0.1, 0.15) is 5.82 Å². The van der Waals surface area contributed by atoms with E-state index in [1.165, 1.54) is 19.2 Å². The molecule has 1 heterocycles. The van der Waals surface area contributed by atoms with Crippen LogP contribution in [-0.2, 0) is 16.0 Å². The summed E-state index contributed by atoms with van der Waals surface area (Å²) in [6.07, 6.45) is 1.81. The Bertz CT molecular complexity index is 900. The van der Waals surface area contributed by atoms with Crippen molar-refractivity contribution in [3.63, 3.8) is 0 Å². The lowest BCUT2D eigenvalue weighted by Crippen LogP contribution is -2.14. The van der Waals surface area contributed by atoms with Gasteiger partial charge in [-0.1, -0.05) is 0 Å². The number of fused-ring (bicyclic) bond motifs is 1. The third-order valence-corrected chi connectivity index (χ3v) is 3.67. The van der Waals surface area contributed by atoms with E-state index in [0.717, 1.165) is 5.52 Å². The number of carbonyl (C=O) groups excluding carboxylic acids is 2. The van der Waals surface area contributed by atoms with Crippen molar-refractivity contribution >= 4 is 28.5 Å². The molecule has 2 N–H and O–H groups in total. The second-order valence-electron chi connectivity index (χ2n) is 5.30. The van der Waals surface area contributed by atoms with E-state index in [1.807, 2.05) is 0 Å². The van der Waals surface area contributed by atoms with Crippen molar-refractivity contribution in [3.05, 3.63) is 65.6 Å². The van der Waals surface area contributed by atoms with Crippen LogP contribution in [-0.4, -0.2) is 24.0 Å². The lowest BCUT2D eigenvalue weighted by atomic mass is 10.1. The van der Waals surface area contributed by atoms with Crippen LogP contribution >= 0.6 is 0 Å². The maximum atomic E-state index is 13.4. The Balaban J connectivity index is 1.71. The van der Waals surface area contributed by atoms with Gasteiger partial charge >= 0.3 is 5.97 Å². The summed E-state index contributed by atoms with van der Waals surface area (Å²) < 4.78 is 18.0. The first-order chi connectivity index (χ1) is 11.6. The first kappa shape index (κ1) is 15.7. The standard InChI is InChI=1S/C18H15FN2O3/c1-24-18(23)11-2-5-14(6-3-11)21-17(22)8-12-10-20-16-7-4-13(19)9-15(12)16/h2-7,9-10,20H,8H2,1H3,(H,21,22). The number of rotatable bonds is 4. The summed E-state index contributed by atoms with van der Waals surface area (Å²) in [7, 11) is 1.31. The van der Waals surface area contributed by atoms with Gasteiger partial charge in [0.25, 0.3) is 0 Å². The molecule has 122 valence electrons. The molecule has 0 fully saturated rings. The van der Waals surface area contributed by atoms with E-state index in [0.29, 0.717) is 22.2 Å². The van der Waals surface area contributed by atoms with E-state index in [4.69, 9.17) is 0 Å². The first-order valence-corrected chi connectivity index (χ1v) is 7.30. The third-order valence-electron chi connectivity index (χ3n) is 3.67. The van der Waals surface area contributed by atoms with E-state index in [1.54, 1.807) is 36.5 Å². The average molecular weight is 326 g/mol.